The number of hydrogen-bond acceptors (Lipinski definition) is 5. The molecule has 0 radical (unpaired) electrons. The van der Waals surface area contributed by atoms with Crippen LogP contribution < -0.4 is 4.90 Å². The lowest BCUT2D eigenvalue weighted by atomic mass is 10.1. The molecule has 3 aromatic rings. The summed E-state index contributed by atoms with van der Waals surface area (Å²) in [4.78, 5) is 21.5. The number of rotatable bonds is 3. The molecule has 0 aliphatic carbocycles. The van der Waals surface area contributed by atoms with Crippen LogP contribution in [0.2, 0.25) is 0 Å². The van der Waals surface area contributed by atoms with Crippen LogP contribution in [-0.2, 0) is 0 Å². The number of aromatic nitrogens is 2. The topological polar surface area (TPSA) is 62.5 Å². The Hall–Kier alpha value is -3.15. The smallest absolute Gasteiger partial charge is 0.253 e. The van der Waals surface area contributed by atoms with Crippen LogP contribution in [0.3, 0.4) is 0 Å². The second kappa shape index (κ2) is 7.46. The summed E-state index contributed by atoms with van der Waals surface area (Å²) in [5, 5.41) is 3.94. The van der Waals surface area contributed by atoms with Gasteiger partial charge in [-0.25, -0.2) is 0 Å². The molecule has 1 aromatic heterocycles. The van der Waals surface area contributed by atoms with Crippen molar-refractivity contribution in [3.05, 3.63) is 65.0 Å². The highest BCUT2D eigenvalue weighted by atomic mass is 16.5. The Morgan fingerprint density at radius 1 is 1.00 bits per heavy atom. The second-order valence-corrected chi connectivity index (χ2v) is 7.22. The highest BCUT2D eigenvalue weighted by molar-refractivity contribution is 5.95. The van der Waals surface area contributed by atoms with Crippen LogP contribution in [0.4, 0.5) is 5.69 Å². The third-order valence-corrected chi connectivity index (χ3v) is 5.38. The average Bonchev–Trinajstić information content (AvgIpc) is 3.16. The first-order valence-corrected chi connectivity index (χ1v) is 9.54. The third-order valence-electron chi connectivity index (χ3n) is 5.38. The van der Waals surface area contributed by atoms with E-state index in [4.69, 9.17) is 4.52 Å². The molecule has 1 aliphatic heterocycles. The zero-order chi connectivity index (χ0) is 19.7. The maximum atomic E-state index is 13.0. The molecule has 1 saturated heterocycles. The summed E-state index contributed by atoms with van der Waals surface area (Å²) in [5.41, 5.74) is 5.31. The molecule has 0 spiro atoms. The third kappa shape index (κ3) is 3.50. The zero-order valence-corrected chi connectivity index (χ0v) is 16.5. The minimum atomic E-state index is 0.0441. The van der Waals surface area contributed by atoms with Gasteiger partial charge in [0, 0.05) is 49.9 Å². The van der Waals surface area contributed by atoms with Gasteiger partial charge >= 0.3 is 0 Å². The lowest BCUT2D eigenvalue weighted by molar-refractivity contribution is 0.0747. The lowest BCUT2D eigenvalue weighted by Crippen LogP contribution is -2.49. The molecule has 0 saturated carbocycles. The van der Waals surface area contributed by atoms with E-state index in [1.807, 2.05) is 29.2 Å². The fourth-order valence-corrected chi connectivity index (χ4v) is 3.62. The van der Waals surface area contributed by atoms with Crippen molar-refractivity contribution in [2.24, 2.45) is 0 Å². The summed E-state index contributed by atoms with van der Waals surface area (Å²) in [6, 6.07) is 13.8. The summed E-state index contributed by atoms with van der Waals surface area (Å²) in [6.07, 6.45) is 0. The molecule has 2 heterocycles. The molecule has 0 atom stereocenters. The Kier molecular flexibility index (Phi) is 4.86. The molecule has 0 bridgehead atoms. The van der Waals surface area contributed by atoms with Crippen molar-refractivity contribution in [1.82, 2.24) is 15.0 Å². The Labute approximate surface area is 164 Å². The Morgan fingerprint density at radius 3 is 2.46 bits per heavy atom. The van der Waals surface area contributed by atoms with Crippen LogP contribution in [0.15, 0.2) is 47.0 Å². The molecule has 2 aromatic carbocycles. The highest BCUT2D eigenvalue weighted by Crippen LogP contribution is 2.24. The Bertz CT molecular complexity index is 1000. The van der Waals surface area contributed by atoms with E-state index in [0.29, 0.717) is 30.4 Å². The van der Waals surface area contributed by atoms with E-state index in [1.54, 1.807) is 6.92 Å². The van der Waals surface area contributed by atoms with Gasteiger partial charge in [-0.15, -0.1) is 0 Å². The molecule has 4 rings (SSSR count). The van der Waals surface area contributed by atoms with Gasteiger partial charge in [-0.3, -0.25) is 4.79 Å². The first kappa shape index (κ1) is 18.2. The van der Waals surface area contributed by atoms with Gasteiger partial charge in [0.15, 0.2) is 0 Å². The molecule has 144 valence electrons. The summed E-state index contributed by atoms with van der Waals surface area (Å²) in [5.74, 6) is 1.06. The quantitative estimate of drug-likeness (QED) is 0.699. The standard InChI is InChI=1S/C22H24N4O2/c1-15-6-4-9-20(16(15)2)25-10-12-26(13-11-25)22(27)19-8-5-7-18(14-19)21-23-17(3)28-24-21/h4-9,14H,10-13H2,1-3H3. The second-order valence-electron chi connectivity index (χ2n) is 7.22. The molecule has 1 amide bonds. The van der Waals surface area contributed by atoms with Gasteiger partial charge in [0.05, 0.1) is 0 Å². The summed E-state index contributed by atoms with van der Waals surface area (Å²) in [7, 11) is 0. The zero-order valence-electron chi connectivity index (χ0n) is 16.5. The van der Waals surface area contributed by atoms with Gasteiger partial charge in [-0.2, -0.15) is 4.98 Å². The number of nitrogens with zero attached hydrogens (tertiary/aromatic N) is 4. The predicted octanol–water partition coefficient (Wildman–Crippen LogP) is 3.62. The van der Waals surface area contributed by atoms with Gasteiger partial charge in [-0.05, 0) is 43.2 Å². The van der Waals surface area contributed by atoms with Crippen LogP contribution in [-0.4, -0.2) is 47.1 Å². The van der Waals surface area contributed by atoms with E-state index in [1.165, 1.54) is 16.8 Å². The average molecular weight is 376 g/mol. The van der Waals surface area contributed by atoms with Crippen LogP contribution in [0.5, 0.6) is 0 Å². The summed E-state index contributed by atoms with van der Waals surface area (Å²) in [6.45, 7) is 9.13. The Morgan fingerprint density at radius 2 is 1.75 bits per heavy atom. The molecule has 1 fully saturated rings. The van der Waals surface area contributed by atoms with Crippen molar-refractivity contribution in [2.75, 3.05) is 31.1 Å². The van der Waals surface area contributed by atoms with Crippen molar-refractivity contribution in [3.8, 4) is 11.4 Å². The number of hydrogen-bond donors (Lipinski definition) is 0. The minimum absolute atomic E-state index is 0.0441. The molecular weight excluding hydrogens is 352 g/mol. The van der Waals surface area contributed by atoms with Crippen molar-refractivity contribution in [2.45, 2.75) is 20.8 Å². The lowest BCUT2D eigenvalue weighted by Gasteiger charge is -2.37. The highest BCUT2D eigenvalue weighted by Gasteiger charge is 2.23. The predicted molar refractivity (Wildman–Crippen MR) is 109 cm³/mol. The van der Waals surface area contributed by atoms with Gasteiger partial charge in [0.2, 0.25) is 11.7 Å². The van der Waals surface area contributed by atoms with Gasteiger partial charge in [0.25, 0.3) is 5.91 Å². The molecule has 1 aliphatic rings. The van der Waals surface area contributed by atoms with E-state index in [-0.39, 0.29) is 5.91 Å². The van der Waals surface area contributed by atoms with E-state index < -0.39 is 0 Å². The minimum Gasteiger partial charge on any atom is -0.368 e. The van der Waals surface area contributed by atoms with Crippen LogP contribution in [0.1, 0.15) is 27.4 Å². The Balaban J connectivity index is 1.46. The molecule has 28 heavy (non-hydrogen) atoms. The monoisotopic (exact) mass is 376 g/mol. The first-order valence-electron chi connectivity index (χ1n) is 9.54. The van der Waals surface area contributed by atoms with Crippen LogP contribution in [0, 0.1) is 20.8 Å². The molecule has 6 heteroatoms. The van der Waals surface area contributed by atoms with Crippen molar-refractivity contribution in [3.63, 3.8) is 0 Å². The number of aryl methyl sites for hydroxylation is 2. The van der Waals surface area contributed by atoms with Crippen LogP contribution >= 0.6 is 0 Å². The van der Waals surface area contributed by atoms with Gasteiger partial charge < -0.3 is 14.3 Å². The van der Waals surface area contributed by atoms with Crippen LogP contribution in [0.25, 0.3) is 11.4 Å². The molecule has 6 nitrogen and oxygen atoms in total. The number of carbonyl (C=O) groups is 1. The number of amides is 1. The molecule has 0 unspecified atom stereocenters. The maximum Gasteiger partial charge on any atom is 0.253 e. The largest absolute Gasteiger partial charge is 0.368 e. The summed E-state index contributed by atoms with van der Waals surface area (Å²) >= 11 is 0. The van der Waals surface area contributed by atoms with E-state index in [9.17, 15) is 4.79 Å². The van der Waals surface area contributed by atoms with Gasteiger partial charge in [-0.1, -0.05) is 29.4 Å². The fourth-order valence-electron chi connectivity index (χ4n) is 3.62. The maximum absolute atomic E-state index is 13.0. The number of benzene rings is 2. The number of piperazine rings is 1. The van der Waals surface area contributed by atoms with Gasteiger partial charge in [0.1, 0.15) is 0 Å². The first-order chi connectivity index (χ1) is 13.5. The van der Waals surface area contributed by atoms with Crippen molar-refractivity contribution < 1.29 is 9.32 Å². The molecular formula is C22H24N4O2. The van der Waals surface area contributed by atoms with E-state index in [2.05, 4.69) is 47.1 Å². The SMILES string of the molecule is Cc1nc(-c2cccc(C(=O)N3CCN(c4cccc(C)c4C)CC3)c2)no1. The summed E-state index contributed by atoms with van der Waals surface area (Å²) < 4.78 is 5.05. The fraction of sp³-hybridized carbons (Fsp3) is 0.318. The van der Waals surface area contributed by atoms with E-state index in [0.717, 1.165) is 18.7 Å². The van der Waals surface area contributed by atoms with E-state index >= 15 is 0 Å². The van der Waals surface area contributed by atoms with Crippen molar-refractivity contribution >= 4 is 11.6 Å². The normalized spacial score (nSPS) is 14.4. The molecule has 0 N–H and O–H groups in total. The van der Waals surface area contributed by atoms with Crippen molar-refractivity contribution in [1.29, 1.82) is 0 Å². The number of carbonyl (C=O) groups excluding carboxylic acids is 1. The number of anilines is 1.